The monoisotopic (exact) mass is 420 g/mol. The van der Waals surface area contributed by atoms with E-state index in [0.29, 0.717) is 0 Å². The second-order valence-electron chi connectivity index (χ2n) is 5.10. The van der Waals surface area contributed by atoms with Crippen LogP contribution in [0.4, 0.5) is 35.1 Å². The van der Waals surface area contributed by atoms with Crippen LogP contribution in [0.3, 0.4) is 0 Å². The molecule has 1 aromatic rings. The molecule has 2 rings (SSSR count). The molecule has 25 heavy (non-hydrogen) atoms. The topological polar surface area (TPSA) is 15.3 Å². The van der Waals surface area contributed by atoms with Crippen molar-refractivity contribution in [3.63, 3.8) is 0 Å². The largest absolute Gasteiger partial charge is 0.390 e. The summed E-state index contributed by atoms with van der Waals surface area (Å²) in [5, 5.41) is 2.83. The Morgan fingerprint density at radius 1 is 0.800 bits per heavy atom. The number of nitrogens with zero attached hydrogens (tertiary/aromatic N) is 1. The molecular weight excluding hydrogens is 407 g/mol. The average Bonchev–Trinajstić information content (AvgIpc) is 2.50. The second kappa shape index (κ2) is 9.20. The molecule has 1 aromatic carbocycles. The summed E-state index contributed by atoms with van der Waals surface area (Å²) in [7, 11) is 0. The SMILES string of the molecule is Cl.Cl.Fc1c(F)c(F)c([C@@H](CC(F)(F)F)N2CCNCC2)c(F)c1F. The lowest BCUT2D eigenvalue weighted by atomic mass is 9.98. The Hall–Kier alpha value is -0.840. The Kier molecular flexibility index (Phi) is 8.89. The minimum atomic E-state index is -4.84. The van der Waals surface area contributed by atoms with E-state index in [1.165, 1.54) is 0 Å². The van der Waals surface area contributed by atoms with Crippen molar-refractivity contribution < 1.29 is 35.1 Å². The summed E-state index contributed by atoms with van der Waals surface area (Å²) in [5.41, 5.74) is -1.44. The lowest BCUT2D eigenvalue weighted by molar-refractivity contribution is -0.149. The van der Waals surface area contributed by atoms with Crippen molar-refractivity contribution in [1.82, 2.24) is 10.2 Å². The number of benzene rings is 1. The fourth-order valence-electron chi connectivity index (χ4n) is 2.54. The molecule has 146 valence electrons. The summed E-state index contributed by atoms with van der Waals surface area (Å²) >= 11 is 0. The Morgan fingerprint density at radius 3 is 1.60 bits per heavy atom. The molecule has 1 saturated heterocycles. The van der Waals surface area contributed by atoms with Gasteiger partial charge in [0, 0.05) is 37.8 Å². The Labute approximate surface area is 150 Å². The minimum Gasteiger partial charge on any atom is -0.314 e. The van der Waals surface area contributed by atoms with E-state index in [0.717, 1.165) is 4.90 Å². The van der Waals surface area contributed by atoms with Gasteiger partial charge in [0.2, 0.25) is 5.82 Å². The Morgan fingerprint density at radius 2 is 1.20 bits per heavy atom. The van der Waals surface area contributed by atoms with Gasteiger partial charge in [-0.1, -0.05) is 0 Å². The van der Waals surface area contributed by atoms with Gasteiger partial charge in [0.15, 0.2) is 23.3 Å². The normalized spacial score (nSPS) is 16.8. The molecule has 1 aliphatic heterocycles. The van der Waals surface area contributed by atoms with Gasteiger partial charge in [0.05, 0.1) is 6.42 Å². The number of hydrogen-bond acceptors (Lipinski definition) is 2. The fraction of sp³-hybridized carbons (Fsp3) is 0.538. The van der Waals surface area contributed by atoms with Crippen molar-refractivity contribution in [3.05, 3.63) is 34.6 Å². The van der Waals surface area contributed by atoms with Crippen LogP contribution in [-0.4, -0.2) is 37.3 Å². The van der Waals surface area contributed by atoms with Gasteiger partial charge in [0.1, 0.15) is 0 Å². The molecule has 1 fully saturated rings. The summed E-state index contributed by atoms with van der Waals surface area (Å²) in [4.78, 5) is 1.06. The molecule has 1 aliphatic rings. The first-order valence-electron chi connectivity index (χ1n) is 6.66. The van der Waals surface area contributed by atoms with Gasteiger partial charge in [0.25, 0.3) is 0 Å². The first-order valence-corrected chi connectivity index (χ1v) is 6.66. The number of halogens is 10. The van der Waals surface area contributed by atoms with Gasteiger partial charge >= 0.3 is 6.18 Å². The number of hydrogen-bond donors (Lipinski definition) is 1. The maximum absolute atomic E-state index is 13.9. The molecule has 0 spiro atoms. The van der Waals surface area contributed by atoms with Crippen LogP contribution in [0, 0.1) is 29.1 Å². The van der Waals surface area contributed by atoms with Crippen LogP contribution in [0.2, 0.25) is 0 Å². The summed E-state index contributed by atoms with van der Waals surface area (Å²) in [6.07, 6.45) is -6.55. The third-order valence-corrected chi connectivity index (χ3v) is 3.59. The molecule has 1 atom stereocenters. The van der Waals surface area contributed by atoms with Crippen molar-refractivity contribution in [2.75, 3.05) is 26.2 Å². The number of piperazine rings is 1. The standard InChI is InChI=1S/C13H12F8N2.2ClH/c14-8-7(9(15)11(17)12(18)10(8)16)6(5-13(19,20)21)23-3-1-22-2-4-23;;/h6,22H,1-5H2;2*1H/t6-;;/m1../s1. The van der Waals surface area contributed by atoms with Gasteiger partial charge in [-0.25, -0.2) is 22.0 Å². The molecular formula is C13H14Cl2F8N2. The zero-order chi connectivity index (χ0) is 17.4. The minimum absolute atomic E-state index is 0. The molecule has 0 radical (unpaired) electrons. The highest BCUT2D eigenvalue weighted by Gasteiger charge is 2.40. The first-order chi connectivity index (χ1) is 10.6. The quantitative estimate of drug-likeness (QED) is 0.449. The molecule has 2 nitrogen and oxygen atoms in total. The number of alkyl halides is 3. The molecule has 0 saturated carbocycles. The number of nitrogens with one attached hydrogen (secondary N) is 1. The van der Waals surface area contributed by atoms with Crippen molar-refractivity contribution in [1.29, 1.82) is 0 Å². The lowest BCUT2D eigenvalue weighted by Crippen LogP contribution is -2.46. The highest BCUT2D eigenvalue weighted by atomic mass is 35.5. The summed E-state index contributed by atoms with van der Waals surface area (Å²) < 4.78 is 106. The van der Waals surface area contributed by atoms with E-state index in [2.05, 4.69) is 5.32 Å². The van der Waals surface area contributed by atoms with E-state index in [1.807, 2.05) is 0 Å². The summed E-state index contributed by atoms with van der Waals surface area (Å²) in [6, 6.07) is -1.98. The predicted octanol–water partition coefficient (Wildman–Crippen LogP) is 4.12. The van der Waals surface area contributed by atoms with Crippen LogP contribution in [0.1, 0.15) is 18.0 Å². The Bertz CT molecular complexity index is 561. The van der Waals surface area contributed by atoms with Gasteiger partial charge in [-0.2, -0.15) is 13.2 Å². The van der Waals surface area contributed by atoms with Gasteiger partial charge in [-0.3, -0.25) is 4.90 Å². The smallest absolute Gasteiger partial charge is 0.314 e. The van der Waals surface area contributed by atoms with Crippen LogP contribution in [-0.2, 0) is 0 Å². The molecule has 1 N–H and O–H groups in total. The lowest BCUT2D eigenvalue weighted by Gasteiger charge is -2.36. The average molecular weight is 421 g/mol. The number of rotatable bonds is 3. The van der Waals surface area contributed by atoms with E-state index >= 15 is 0 Å². The Balaban J connectivity index is 0.00000288. The van der Waals surface area contributed by atoms with Gasteiger partial charge < -0.3 is 5.32 Å². The predicted molar refractivity (Wildman–Crippen MR) is 78.6 cm³/mol. The molecule has 0 unspecified atom stereocenters. The van der Waals surface area contributed by atoms with E-state index in [9.17, 15) is 35.1 Å². The highest BCUT2D eigenvalue weighted by molar-refractivity contribution is 5.85. The molecule has 12 heteroatoms. The van der Waals surface area contributed by atoms with Crippen molar-refractivity contribution in [2.45, 2.75) is 18.6 Å². The highest BCUT2D eigenvalue weighted by Crippen LogP contribution is 2.38. The third kappa shape index (κ3) is 5.32. The van der Waals surface area contributed by atoms with E-state index < -0.39 is 53.3 Å². The van der Waals surface area contributed by atoms with Crippen molar-refractivity contribution >= 4 is 24.8 Å². The molecule has 0 aromatic heterocycles. The van der Waals surface area contributed by atoms with Crippen LogP contribution in [0.15, 0.2) is 0 Å². The van der Waals surface area contributed by atoms with Crippen LogP contribution in [0.5, 0.6) is 0 Å². The molecule has 0 bridgehead atoms. The summed E-state index contributed by atoms with van der Waals surface area (Å²) in [5.74, 6) is -11.3. The maximum Gasteiger partial charge on any atom is 0.390 e. The zero-order valence-corrected chi connectivity index (χ0v) is 14.0. The van der Waals surface area contributed by atoms with Gasteiger partial charge in [-0.05, 0) is 0 Å². The molecule has 1 heterocycles. The van der Waals surface area contributed by atoms with E-state index in [4.69, 9.17) is 0 Å². The van der Waals surface area contributed by atoms with Gasteiger partial charge in [-0.15, -0.1) is 24.8 Å². The second-order valence-corrected chi connectivity index (χ2v) is 5.10. The molecule has 0 aliphatic carbocycles. The van der Waals surface area contributed by atoms with Crippen LogP contribution >= 0.6 is 24.8 Å². The van der Waals surface area contributed by atoms with Crippen molar-refractivity contribution in [3.8, 4) is 0 Å². The molecule has 0 amide bonds. The summed E-state index contributed by atoms with van der Waals surface area (Å²) in [6.45, 7) is 0.452. The fourth-order valence-corrected chi connectivity index (χ4v) is 2.54. The van der Waals surface area contributed by atoms with Crippen LogP contribution < -0.4 is 5.32 Å². The third-order valence-electron chi connectivity index (χ3n) is 3.59. The zero-order valence-electron chi connectivity index (χ0n) is 12.4. The van der Waals surface area contributed by atoms with E-state index in [-0.39, 0.29) is 51.0 Å². The maximum atomic E-state index is 13.9. The first kappa shape index (κ1) is 24.2. The van der Waals surface area contributed by atoms with E-state index in [1.54, 1.807) is 0 Å². The van der Waals surface area contributed by atoms with Crippen molar-refractivity contribution in [2.24, 2.45) is 0 Å². The van der Waals surface area contributed by atoms with Crippen LogP contribution in [0.25, 0.3) is 0 Å².